The zero-order valence-corrected chi connectivity index (χ0v) is 9.84. The highest BCUT2D eigenvalue weighted by atomic mass is 15.2. The van der Waals surface area contributed by atoms with Crippen LogP contribution >= 0.6 is 0 Å². The van der Waals surface area contributed by atoms with Crippen molar-refractivity contribution in [1.82, 2.24) is 10.2 Å². The normalized spacial score (nSPS) is 39.0. The molecule has 0 aromatic carbocycles. The molecule has 2 nitrogen and oxygen atoms in total. The van der Waals surface area contributed by atoms with E-state index in [1.807, 2.05) is 0 Å². The Kier molecular flexibility index (Phi) is 2.85. The fourth-order valence-electron chi connectivity index (χ4n) is 3.45. The fourth-order valence-corrected chi connectivity index (χ4v) is 3.45. The second-order valence-corrected chi connectivity index (χ2v) is 5.41. The van der Waals surface area contributed by atoms with Gasteiger partial charge in [0.2, 0.25) is 0 Å². The van der Waals surface area contributed by atoms with Crippen LogP contribution in [0, 0.1) is 5.41 Å². The van der Waals surface area contributed by atoms with Gasteiger partial charge in [0, 0.05) is 18.6 Å². The van der Waals surface area contributed by atoms with E-state index in [0.29, 0.717) is 5.41 Å². The number of hydrogen-bond acceptors (Lipinski definition) is 2. The molecule has 0 bridgehead atoms. The Morgan fingerprint density at radius 1 is 1.36 bits per heavy atom. The fraction of sp³-hybridized carbons (Fsp3) is 1.00. The quantitative estimate of drug-likeness (QED) is 0.725. The largest absolute Gasteiger partial charge is 0.316 e. The Morgan fingerprint density at radius 3 is 2.71 bits per heavy atom. The van der Waals surface area contributed by atoms with Crippen molar-refractivity contribution < 1.29 is 0 Å². The minimum Gasteiger partial charge on any atom is -0.316 e. The second-order valence-electron chi connectivity index (χ2n) is 5.41. The molecular weight excluding hydrogens is 172 g/mol. The zero-order chi connectivity index (χ0) is 10.2. The molecule has 1 aliphatic heterocycles. The summed E-state index contributed by atoms with van der Waals surface area (Å²) < 4.78 is 0. The van der Waals surface area contributed by atoms with Crippen LogP contribution in [0.1, 0.15) is 39.5 Å². The van der Waals surface area contributed by atoms with E-state index < -0.39 is 0 Å². The van der Waals surface area contributed by atoms with Crippen LogP contribution in [-0.4, -0.2) is 37.1 Å². The molecule has 1 spiro atoms. The summed E-state index contributed by atoms with van der Waals surface area (Å²) in [7, 11) is 2.13. The van der Waals surface area contributed by atoms with Gasteiger partial charge in [0.05, 0.1) is 0 Å². The lowest BCUT2D eigenvalue weighted by Gasteiger charge is -2.32. The van der Waals surface area contributed by atoms with E-state index in [0.717, 1.165) is 12.1 Å². The molecular formula is C12H24N2. The standard InChI is InChI=1S/C12H24N2/c1-10(2)14-8-7-12(9-14)6-4-5-11(12)13-3/h10-11,13H,4-9H2,1-3H3. The topological polar surface area (TPSA) is 15.3 Å². The Labute approximate surface area is 88.1 Å². The third-order valence-electron chi connectivity index (χ3n) is 4.40. The van der Waals surface area contributed by atoms with Gasteiger partial charge in [-0.2, -0.15) is 0 Å². The van der Waals surface area contributed by atoms with E-state index >= 15 is 0 Å². The van der Waals surface area contributed by atoms with Gasteiger partial charge in [-0.1, -0.05) is 6.42 Å². The third kappa shape index (κ3) is 1.59. The van der Waals surface area contributed by atoms with Gasteiger partial charge in [-0.3, -0.25) is 0 Å². The molecule has 1 aliphatic carbocycles. The van der Waals surface area contributed by atoms with Crippen molar-refractivity contribution in [3.63, 3.8) is 0 Å². The molecule has 2 unspecified atom stereocenters. The zero-order valence-electron chi connectivity index (χ0n) is 9.84. The average Bonchev–Trinajstić information content (AvgIpc) is 2.74. The number of hydrogen-bond donors (Lipinski definition) is 1. The van der Waals surface area contributed by atoms with Crippen LogP contribution in [0.2, 0.25) is 0 Å². The first-order valence-electron chi connectivity index (χ1n) is 6.09. The van der Waals surface area contributed by atoms with Crippen molar-refractivity contribution >= 4 is 0 Å². The van der Waals surface area contributed by atoms with Gasteiger partial charge in [0.25, 0.3) is 0 Å². The van der Waals surface area contributed by atoms with Crippen molar-refractivity contribution in [3.05, 3.63) is 0 Å². The summed E-state index contributed by atoms with van der Waals surface area (Å²) >= 11 is 0. The van der Waals surface area contributed by atoms with Crippen LogP contribution in [0.4, 0.5) is 0 Å². The molecule has 1 saturated carbocycles. The molecule has 2 fully saturated rings. The third-order valence-corrected chi connectivity index (χ3v) is 4.40. The van der Waals surface area contributed by atoms with Gasteiger partial charge in [-0.15, -0.1) is 0 Å². The van der Waals surface area contributed by atoms with Gasteiger partial charge >= 0.3 is 0 Å². The number of rotatable bonds is 2. The van der Waals surface area contributed by atoms with Crippen molar-refractivity contribution in [2.75, 3.05) is 20.1 Å². The van der Waals surface area contributed by atoms with E-state index in [1.165, 1.54) is 38.8 Å². The van der Waals surface area contributed by atoms with E-state index in [-0.39, 0.29) is 0 Å². The van der Waals surface area contributed by atoms with Crippen LogP contribution in [0.3, 0.4) is 0 Å². The summed E-state index contributed by atoms with van der Waals surface area (Å²) in [6.07, 6.45) is 5.68. The Morgan fingerprint density at radius 2 is 2.14 bits per heavy atom. The lowest BCUT2D eigenvalue weighted by Crippen LogP contribution is -2.42. The van der Waals surface area contributed by atoms with Crippen molar-refractivity contribution in [2.45, 2.75) is 51.6 Å². The minimum atomic E-state index is 0.624. The summed E-state index contributed by atoms with van der Waals surface area (Å²) in [5.41, 5.74) is 0.624. The summed E-state index contributed by atoms with van der Waals surface area (Å²) in [4.78, 5) is 2.65. The smallest absolute Gasteiger partial charge is 0.0133 e. The molecule has 0 aromatic rings. The predicted octanol–water partition coefficient (Wildman–Crippen LogP) is 1.86. The highest BCUT2D eigenvalue weighted by Gasteiger charge is 2.46. The van der Waals surface area contributed by atoms with Gasteiger partial charge < -0.3 is 10.2 Å². The Bertz CT molecular complexity index is 202. The second kappa shape index (κ2) is 3.82. The highest BCUT2D eigenvalue weighted by molar-refractivity contribution is 5.02. The SMILES string of the molecule is CNC1CCCC12CCN(C(C)C)C2. The maximum absolute atomic E-state index is 3.53. The van der Waals surface area contributed by atoms with Gasteiger partial charge in [0.1, 0.15) is 0 Å². The van der Waals surface area contributed by atoms with E-state index in [4.69, 9.17) is 0 Å². The molecule has 0 aromatic heterocycles. The Hall–Kier alpha value is -0.0800. The van der Waals surface area contributed by atoms with Crippen LogP contribution < -0.4 is 5.32 Å². The first kappa shape index (κ1) is 10.4. The van der Waals surface area contributed by atoms with E-state index in [2.05, 4.69) is 31.1 Å². The summed E-state index contributed by atoms with van der Waals surface area (Å²) in [6.45, 7) is 7.29. The van der Waals surface area contributed by atoms with Crippen molar-refractivity contribution in [2.24, 2.45) is 5.41 Å². The molecule has 0 amide bonds. The molecule has 2 aliphatic rings. The molecule has 2 heteroatoms. The first-order valence-corrected chi connectivity index (χ1v) is 6.09. The molecule has 0 radical (unpaired) electrons. The molecule has 1 saturated heterocycles. The molecule has 2 rings (SSSR count). The van der Waals surface area contributed by atoms with E-state index in [9.17, 15) is 0 Å². The van der Waals surface area contributed by atoms with E-state index in [1.54, 1.807) is 0 Å². The molecule has 1 heterocycles. The molecule has 1 N–H and O–H groups in total. The lowest BCUT2D eigenvalue weighted by atomic mass is 9.82. The number of nitrogens with one attached hydrogen (secondary N) is 1. The van der Waals surface area contributed by atoms with Crippen LogP contribution in [-0.2, 0) is 0 Å². The van der Waals surface area contributed by atoms with Crippen LogP contribution in [0.25, 0.3) is 0 Å². The highest BCUT2D eigenvalue weighted by Crippen LogP contribution is 2.45. The van der Waals surface area contributed by atoms with Crippen LogP contribution in [0.15, 0.2) is 0 Å². The van der Waals surface area contributed by atoms with Crippen molar-refractivity contribution in [1.29, 1.82) is 0 Å². The summed E-state index contributed by atoms with van der Waals surface area (Å²) in [5, 5.41) is 3.53. The van der Waals surface area contributed by atoms with Gasteiger partial charge in [-0.05, 0) is 52.1 Å². The number of likely N-dealkylation sites (tertiary alicyclic amines) is 1. The Balaban J connectivity index is 2.04. The monoisotopic (exact) mass is 196 g/mol. The average molecular weight is 196 g/mol. The van der Waals surface area contributed by atoms with Crippen LogP contribution in [0.5, 0.6) is 0 Å². The maximum atomic E-state index is 3.53. The predicted molar refractivity (Wildman–Crippen MR) is 60.5 cm³/mol. The van der Waals surface area contributed by atoms with Gasteiger partial charge in [-0.25, -0.2) is 0 Å². The summed E-state index contributed by atoms with van der Waals surface area (Å²) in [5.74, 6) is 0. The molecule has 14 heavy (non-hydrogen) atoms. The van der Waals surface area contributed by atoms with Gasteiger partial charge in [0.15, 0.2) is 0 Å². The lowest BCUT2D eigenvalue weighted by molar-refractivity contribution is 0.198. The van der Waals surface area contributed by atoms with Crippen molar-refractivity contribution in [3.8, 4) is 0 Å². The summed E-state index contributed by atoms with van der Waals surface area (Å²) in [6, 6.07) is 1.51. The minimum absolute atomic E-state index is 0.624. The molecule has 2 atom stereocenters. The first-order chi connectivity index (χ1) is 6.68. The number of nitrogens with zero attached hydrogens (tertiary/aromatic N) is 1. The molecule has 82 valence electrons. The maximum Gasteiger partial charge on any atom is 0.0133 e.